The van der Waals surface area contributed by atoms with Crippen molar-refractivity contribution < 1.29 is 33.6 Å². The minimum absolute atomic E-state index is 0.431. The molecule has 1 unspecified atom stereocenters. The largest absolute Gasteiger partial charge is 0.480 e. The van der Waals surface area contributed by atoms with Crippen LogP contribution in [0.25, 0.3) is 0 Å². The highest BCUT2D eigenvalue weighted by Crippen LogP contribution is 2.35. The lowest BCUT2D eigenvalue weighted by Crippen LogP contribution is -2.46. The van der Waals surface area contributed by atoms with Crippen molar-refractivity contribution in [3.63, 3.8) is 0 Å². The molecule has 6 N–H and O–H groups in total. The summed E-state index contributed by atoms with van der Waals surface area (Å²) in [7, 11) is -4.76. The van der Waals surface area contributed by atoms with Gasteiger partial charge in [0.05, 0.1) is 13.2 Å². The first kappa shape index (κ1) is 14.0. The summed E-state index contributed by atoms with van der Waals surface area (Å²) >= 11 is 0. The Labute approximate surface area is 84.5 Å². The van der Waals surface area contributed by atoms with Crippen molar-refractivity contribution in [1.82, 2.24) is 5.32 Å². The van der Waals surface area contributed by atoms with E-state index in [9.17, 15) is 14.2 Å². The number of phosphoric acid groups is 1. The fraction of sp³-hybridized carbons (Fsp3) is 0.600. The van der Waals surface area contributed by atoms with Gasteiger partial charge < -0.3 is 25.9 Å². The zero-order chi connectivity index (χ0) is 12.1. The number of aliphatic carboxylic acids is 1. The van der Waals surface area contributed by atoms with Gasteiger partial charge in [-0.1, -0.05) is 0 Å². The van der Waals surface area contributed by atoms with Crippen molar-refractivity contribution in [3.05, 3.63) is 0 Å². The molecule has 0 aromatic carbocycles. The second-order valence-electron chi connectivity index (χ2n) is 2.45. The Morgan fingerprint density at radius 1 is 1.47 bits per heavy atom. The molecule has 15 heavy (non-hydrogen) atoms. The molecule has 0 heterocycles. The van der Waals surface area contributed by atoms with E-state index in [0.29, 0.717) is 0 Å². The van der Waals surface area contributed by atoms with Gasteiger partial charge in [-0.25, -0.2) is 9.36 Å². The molecule has 0 bridgehead atoms. The fourth-order valence-corrected chi connectivity index (χ4v) is 0.943. The van der Waals surface area contributed by atoms with Crippen LogP contribution in [0.4, 0.5) is 0 Å². The van der Waals surface area contributed by atoms with Gasteiger partial charge in [0.1, 0.15) is 0 Å². The van der Waals surface area contributed by atoms with Crippen LogP contribution < -0.4 is 11.1 Å². The molecule has 0 aliphatic carbocycles. The molecule has 0 saturated heterocycles. The van der Waals surface area contributed by atoms with Crippen LogP contribution in [-0.2, 0) is 18.7 Å². The normalized spacial score (nSPS) is 13.3. The van der Waals surface area contributed by atoms with Crippen LogP contribution in [0.2, 0.25) is 0 Å². The molecule has 88 valence electrons. The van der Waals surface area contributed by atoms with E-state index in [0.717, 1.165) is 0 Å². The van der Waals surface area contributed by atoms with Crippen LogP contribution in [0.5, 0.6) is 0 Å². The SMILES string of the molecule is NCC(=O)NC(COP(=O)(O)O)C(=O)O. The summed E-state index contributed by atoms with van der Waals surface area (Å²) in [6.45, 7) is -1.27. The molecule has 0 fully saturated rings. The Hall–Kier alpha value is -0.990. The summed E-state index contributed by atoms with van der Waals surface area (Å²) in [4.78, 5) is 37.8. The second-order valence-corrected chi connectivity index (χ2v) is 3.69. The molecular formula is C5H11N2O7P. The Bertz CT molecular complexity index is 287. The van der Waals surface area contributed by atoms with Crippen molar-refractivity contribution in [2.75, 3.05) is 13.2 Å². The highest BCUT2D eigenvalue weighted by molar-refractivity contribution is 7.46. The number of phosphoric ester groups is 1. The van der Waals surface area contributed by atoms with Crippen molar-refractivity contribution in [2.45, 2.75) is 6.04 Å². The molecule has 0 radical (unpaired) electrons. The Morgan fingerprint density at radius 2 is 2.00 bits per heavy atom. The van der Waals surface area contributed by atoms with Gasteiger partial charge in [-0.05, 0) is 0 Å². The lowest BCUT2D eigenvalue weighted by Gasteiger charge is -2.14. The number of rotatable bonds is 6. The third-order valence-electron chi connectivity index (χ3n) is 1.23. The number of hydrogen-bond donors (Lipinski definition) is 5. The van der Waals surface area contributed by atoms with E-state index in [4.69, 9.17) is 20.6 Å². The highest BCUT2D eigenvalue weighted by atomic mass is 31.2. The van der Waals surface area contributed by atoms with E-state index in [1.807, 2.05) is 5.32 Å². The first-order valence-corrected chi connectivity index (χ1v) is 5.21. The maximum Gasteiger partial charge on any atom is 0.469 e. The summed E-state index contributed by atoms with van der Waals surface area (Å²) in [6.07, 6.45) is 0. The first-order chi connectivity index (χ1) is 6.76. The summed E-state index contributed by atoms with van der Waals surface area (Å²) in [5.41, 5.74) is 4.90. The predicted octanol–water partition coefficient (Wildman–Crippen LogP) is -2.38. The summed E-state index contributed by atoms with van der Waals surface area (Å²) < 4.78 is 14.2. The molecule has 0 saturated carbocycles. The number of carbonyl (C=O) groups is 2. The lowest BCUT2D eigenvalue weighted by molar-refractivity contribution is -0.142. The van der Waals surface area contributed by atoms with Crippen LogP contribution in [0.1, 0.15) is 0 Å². The zero-order valence-corrected chi connectivity index (χ0v) is 8.39. The minimum atomic E-state index is -4.76. The van der Waals surface area contributed by atoms with Crippen LogP contribution in [-0.4, -0.2) is 46.0 Å². The van der Waals surface area contributed by atoms with Crippen LogP contribution in [0.15, 0.2) is 0 Å². The minimum Gasteiger partial charge on any atom is -0.480 e. The number of nitrogens with two attached hydrogens (primary N) is 1. The van der Waals surface area contributed by atoms with E-state index in [-0.39, 0.29) is 0 Å². The van der Waals surface area contributed by atoms with Gasteiger partial charge in [0.2, 0.25) is 5.91 Å². The first-order valence-electron chi connectivity index (χ1n) is 3.68. The third kappa shape index (κ3) is 7.00. The van der Waals surface area contributed by atoms with Crippen molar-refractivity contribution in [3.8, 4) is 0 Å². The molecule has 0 aromatic rings. The standard InChI is InChI=1S/C5H11N2O7P/c6-1-4(8)7-3(5(9)10)2-14-15(11,12)13/h3H,1-2,6H2,(H,7,8)(H,9,10)(H2,11,12,13). The molecule has 1 amide bonds. The molecule has 0 aromatic heterocycles. The van der Waals surface area contributed by atoms with Crippen LogP contribution in [0.3, 0.4) is 0 Å². The zero-order valence-electron chi connectivity index (χ0n) is 7.49. The quantitative estimate of drug-likeness (QED) is 0.323. The average molecular weight is 242 g/mol. The molecule has 0 spiro atoms. The van der Waals surface area contributed by atoms with Gasteiger partial charge in [0.15, 0.2) is 6.04 Å². The number of carbonyl (C=O) groups excluding carboxylic acids is 1. The van der Waals surface area contributed by atoms with Gasteiger partial charge in [0.25, 0.3) is 0 Å². The summed E-state index contributed by atoms with van der Waals surface area (Å²) in [5, 5.41) is 10.4. The van der Waals surface area contributed by atoms with Gasteiger partial charge in [0, 0.05) is 0 Å². The van der Waals surface area contributed by atoms with E-state index < -0.39 is 38.9 Å². The summed E-state index contributed by atoms with van der Waals surface area (Å²) in [5.74, 6) is -2.25. The molecule has 0 aliphatic rings. The predicted molar refractivity (Wildman–Crippen MR) is 46.6 cm³/mol. The third-order valence-corrected chi connectivity index (χ3v) is 1.71. The van der Waals surface area contributed by atoms with Gasteiger partial charge in [-0.2, -0.15) is 0 Å². The number of carboxylic acids is 1. The van der Waals surface area contributed by atoms with Crippen molar-refractivity contribution in [1.29, 1.82) is 0 Å². The second kappa shape index (κ2) is 5.79. The van der Waals surface area contributed by atoms with E-state index in [1.165, 1.54) is 0 Å². The Balaban J connectivity index is 4.24. The van der Waals surface area contributed by atoms with Gasteiger partial charge in [-0.15, -0.1) is 0 Å². The highest BCUT2D eigenvalue weighted by Gasteiger charge is 2.24. The van der Waals surface area contributed by atoms with Gasteiger partial charge in [-0.3, -0.25) is 9.32 Å². The molecule has 0 aliphatic heterocycles. The molecule has 9 nitrogen and oxygen atoms in total. The number of amides is 1. The average Bonchev–Trinajstić information content (AvgIpc) is 2.09. The maximum atomic E-state index is 10.7. The van der Waals surface area contributed by atoms with E-state index >= 15 is 0 Å². The lowest BCUT2D eigenvalue weighted by atomic mass is 10.3. The number of hydrogen-bond acceptors (Lipinski definition) is 5. The van der Waals surface area contributed by atoms with Gasteiger partial charge >= 0.3 is 13.8 Å². The van der Waals surface area contributed by atoms with Crippen LogP contribution in [0, 0.1) is 0 Å². The summed E-state index contributed by atoms with van der Waals surface area (Å²) in [6, 6.07) is -1.55. The topological polar surface area (TPSA) is 159 Å². The van der Waals surface area contributed by atoms with E-state index in [2.05, 4.69) is 4.52 Å². The number of carboxylic acid groups (broad SMARTS) is 1. The monoisotopic (exact) mass is 242 g/mol. The smallest absolute Gasteiger partial charge is 0.469 e. The molecule has 1 atom stereocenters. The Kier molecular flexibility index (Phi) is 5.40. The maximum absolute atomic E-state index is 10.7. The molecular weight excluding hydrogens is 231 g/mol. The van der Waals surface area contributed by atoms with Crippen molar-refractivity contribution in [2.24, 2.45) is 5.73 Å². The molecule has 0 rings (SSSR count). The van der Waals surface area contributed by atoms with Crippen molar-refractivity contribution >= 4 is 19.7 Å². The molecule has 10 heteroatoms. The van der Waals surface area contributed by atoms with Crippen LogP contribution >= 0.6 is 7.82 Å². The Morgan fingerprint density at radius 3 is 2.33 bits per heavy atom. The van der Waals surface area contributed by atoms with E-state index in [1.54, 1.807) is 0 Å². The number of nitrogens with one attached hydrogen (secondary N) is 1. The fourth-order valence-electron chi connectivity index (χ4n) is 0.600.